The summed E-state index contributed by atoms with van der Waals surface area (Å²) in [6, 6.07) is 10.2. The molecule has 1 saturated carbocycles. The molecule has 1 aliphatic rings. The van der Waals surface area contributed by atoms with E-state index in [1.165, 1.54) is 49.0 Å². The first kappa shape index (κ1) is 20.2. The Morgan fingerprint density at radius 2 is 2.03 bits per heavy atom. The van der Waals surface area contributed by atoms with Crippen LogP contribution >= 0.6 is 22.9 Å². The van der Waals surface area contributed by atoms with Crippen molar-refractivity contribution in [3.63, 3.8) is 0 Å². The number of carbonyl (C=O) groups is 1. The molecule has 1 fully saturated rings. The summed E-state index contributed by atoms with van der Waals surface area (Å²) in [5, 5.41) is 4.68. The van der Waals surface area contributed by atoms with Crippen molar-refractivity contribution >= 4 is 44.7 Å². The van der Waals surface area contributed by atoms with Crippen molar-refractivity contribution in [2.75, 3.05) is 12.3 Å². The molecule has 29 heavy (non-hydrogen) atoms. The van der Waals surface area contributed by atoms with E-state index in [-0.39, 0.29) is 5.91 Å². The molecule has 3 N–H and O–H groups in total. The van der Waals surface area contributed by atoms with Gasteiger partial charge in [-0.1, -0.05) is 43.0 Å². The van der Waals surface area contributed by atoms with Gasteiger partial charge in [0.1, 0.15) is 9.71 Å². The molecule has 4 rings (SSSR count). The highest BCUT2D eigenvalue weighted by Crippen LogP contribution is 2.36. The van der Waals surface area contributed by atoms with Crippen molar-refractivity contribution in [2.24, 2.45) is 0 Å². The van der Waals surface area contributed by atoms with Gasteiger partial charge in [0.05, 0.1) is 5.69 Å². The van der Waals surface area contributed by atoms with Crippen molar-refractivity contribution in [1.82, 2.24) is 10.3 Å². The van der Waals surface area contributed by atoms with Crippen LogP contribution in [0.3, 0.4) is 0 Å². The summed E-state index contributed by atoms with van der Waals surface area (Å²) in [6.45, 7) is 2.47. The van der Waals surface area contributed by atoms with Crippen LogP contribution in [0.1, 0.15) is 64.5 Å². The van der Waals surface area contributed by atoms with Crippen molar-refractivity contribution < 1.29 is 4.79 Å². The molecule has 2 heterocycles. The number of aryl methyl sites for hydroxylation is 1. The lowest BCUT2D eigenvalue weighted by Crippen LogP contribution is -2.25. The second-order valence-corrected chi connectivity index (χ2v) is 9.25. The lowest BCUT2D eigenvalue weighted by atomic mass is 9.84. The van der Waals surface area contributed by atoms with Gasteiger partial charge in [-0.05, 0) is 61.4 Å². The number of nitrogens with one attached hydrogen (secondary N) is 1. The summed E-state index contributed by atoms with van der Waals surface area (Å²) in [5.41, 5.74) is 10.0. The zero-order valence-electron chi connectivity index (χ0n) is 16.6. The third-order valence-electron chi connectivity index (χ3n) is 5.75. The largest absolute Gasteiger partial charge is 0.397 e. The van der Waals surface area contributed by atoms with Crippen molar-refractivity contribution in [1.29, 1.82) is 0 Å². The Morgan fingerprint density at radius 1 is 1.24 bits per heavy atom. The molecule has 0 atom stereocenters. The number of fused-ring (bicyclic) bond motifs is 1. The molecule has 0 spiro atoms. The van der Waals surface area contributed by atoms with Gasteiger partial charge >= 0.3 is 0 Å². The second-order valence-electron chi connectivity index (χ2n) is 7.85. The number of nitrogen functional groups attached to an aromatic ring is 1. The van der Waals surface area contributed by atoms with E-state index in [4.69, 9.17) is 17.3 Å². The number of thiophene rings is 1. The summed E-state index contributed by atoms with van der Waals surface area (Å²) in [6.07, 6.45) is 7.14. The molecule has 0 radical (unpaired) electrons. The molecule has 2 aromatic heterocycles. The molecule has 0 bridgehead atoms. The summed E-state index contributed by atoms with van der Waals surface area (Å²) in [4.78, 5) is 18.4. The number of benzene rings is 1. The Morgan fingerprint density at radius 3 is 2.79 bits per heavy atom. The number of halogens is 1. The van der Waals surface area contributed by atoms with Crippen LogP contribution in [0.5, 0.6) is 0 Å². The Balaban J connectivity index is 1.38. The normalized spacial score (nSPS) is 15.0. The summed E-state index contributed by atoms with van der Waals surface area (Å²) >= 11 is 7.91. The minimum absolute atomic E-state index is 0.145. The number of amides is 1. The van der Waals surface area contributed by atoms with Crippen molar-refractivity contribution in [2.45, 2.75) is 51.4 Å². The fourth-order valence-electron chi connectivity index (χ4n) is 4.13. The fraction of sp³-hybridized carbons (Fsp3) is 0.391. The predicted molar refractivity (Wildman–Crippen MR) is 122 cm³/mol. The molecule has 0 aliphatic heterocycles. The quantitative estimate of drug-likeness (QED) is 0.535. The average molecular weight is 428 g/mol. The lowest BCUT2D eigenvalue weighted by molar-refractivity contribution is 0.0959. The highest BCUT2D eigenvalue weighted by Gasteiger charge is 2.19. The number of hydrogen-bond acceptors (Lipinski definition) is 4. The number of nitrogens with two attached hydrogens (primary N) is 1. The highest BCUT2D eigenvalue weighted by molar-refractivity contribution is 7.21. The zero-order chi connectivity index (χ0) is 20.4. The van der Waals surface area contributed by atoms with Gasteiger partial charge in [0, 0.05) is 22.6 Å². The van der Waals surface area contributed by atoms with Gasteiger partial charge in [-0.2, -0.15) is 0 Å². The van der Waals surface area contributed by atoms with Gasteiger partial charge in [0.15, 0.2) is 0 Å². The summed E-state index contributed by atoms with van der Waals surface area (Å²) < 4.78 is 0. The number of rotatable bonds is 5. The number of pyridine rings is 1. The van der Waals surface area contributed by atoms with Gasteiger partial charge < -0.3 is 11.1 Å². The van der Waals surface area contributed by atoms with Crippen LogP contribution in [0, 0.1) is 6.92 Å². The first-order valence-corrected chi connectivity index (χ1v) is 11.4. The number of hydrogen-bond donors (Lipinski definition) is 2. The van der Waals surface area contributed by atoms with Crippen LogP contribution in [-0.4, -0.2) is 17.4 Å². The molecule has 4 nitrogen and oxygen atoms in total. The molecule has 1 aromatic carbocycles. The summed E-state index contributed by atoms with van der Waals surface area (Å²) in [7, 11) is 0. The van der Waals surface area contributed by atoms with Crippen molar-refractivity contribution in [3.05, 3.63) is 57.1 Å². The highest BCUT2D eigenvalue weighted by atomic mass is 35.5. The SMILES string of the molecule is Cc1ccc2c(N)c(C(=O)NCCc3ccc(C4CCCCC4)c(Cl)c3)sc2n1. The van der Waals surface area contributed by atoms with Gasteiger partial charge in [-0.3, -0.25) is 4.79 Å². The minimum atomic E-state index is -0.145. The molecule has 0 unspecified atom stereocenters. The van der Waals surface area contributed by atoms with E-state index in [0.717, 1.165) is 32.9 Å². The van der Waals surface area contributed by atoms with E-state index < -0.39 is 0 Å². The first-order valence-electron chi connectivity index (χ1n) is 10.2. The molecule has 0 saturated heterocycles. The Labute approximate surface area is 180 Å². The van der Waals surface area contributed by atoms with E-state index >= 15 is 0 Å². The van der Waals surface area contributed by atoms with Crippen LogP contribution in [0.15, 0.2) is 30.3 Å². The number of nitrogens with zero attached hydrogens (tertiary/aromatic N) is 1. The lowest BCUT2D eigenvalue weighted by Gasteiger charge is -2.23. The Hall–Kier alpha value is -2.11. The Kier molecular flexibility index (Phi) is 6.07. The Bertz CT molecular complexity index is 1040. The monoisotopic (exact) mass is 427 g/mol. The summed E-state index contributed by atoms with van der Waals surface area (Å²) in [5.74, 6) is 0.450. The van der Waals surface area contributed by atoms with Crippen LogP contribution in [0.2, 0.25) is 5.02 Å². The molecule has 152 valence electrons. The number of aromatic nitrogens is 1. The number of anilines is 1. The average Bonchev–Trinajstić information content (AvgIpc) is 3.04. The van der Waals surface area contributed by atoms with Gasteiger partial charge in [0.2, 0.25) is 0 Å². The smallest absolute Gasteiger partial charge is 0.263 e. The van der Waals surface area contributed by atoms with Gasteiger partial charge in [-0.15, -0.1) is 11.3 Å². The topological polar surface area (TPSA) is 68.0 Å². The van der Waals surface area contributed by atoms with E-state index in [2.05, 4.69) is 28.5 Å². The molecule has 3 aromatic rings. The molecule has 1 aliphatic carbocycles. The van der Waals surface area contributed by atoms with E-state index in [1.54, 1.807) is 0 Å². The van der Waals surface area contributed by atoms with E-state index in [9.17, 15) is 4.79 Å². The van der Waals surface area contributed by atoms with Crippen molar-refractivity contribution in [3.8, 4) is 0 Å². The van der Waals surface area contributed by atoms with E-state index in [0.29, 0.717) is 23.0 Å². The molecular weight excluding hydrogens is 402 g/mol. The van der Waals surface area contributed by atoms with Crippen LogP contribution in [0.4, 0.5) is 5.69 Å². The maximum Gasteiger partial charge on any atom is 0.263 e. The molecule has 6 heteroatoms. The first-order chi connectivity index (χ1) is 14.0. The van der Waals surface area contributed by atoms with Gasteiger partial charge in [-0.25, -0.2) is 4.98 Å². The predicted octanol–water partition coefficient (Wildman–Crippen LogP) is 5.86. The maximum absolute atomic E-state index is 12.6. The molecule has 1 amide bonds. The third kappa shape index (κ3) is 4.41. The van der Waals surface area contributed by atoms with E-state index in [1.807, 2.05) is 19.1 Å². The van der Waals surface area contributed by atoms with Crippen LogP contribution in [-0.2, 0) is 6.42 Å². The molecular formula is C23H26ClN3OS. The second kappa shape index (κ2) is 8.72. The van der Waals surface area contributed by atoms with Crippen LogP contribution in [0.25, 0.3) is 10.2 Å². The maximum atomic E-state index is 12.6. The minimum Gasteiger partial charge on any atom is -0.397 e. The fourth-order valence-corrected chi connectivity index (χ4v) is 5.54. The van der Waals surface area contributed by atoms with Crippen LogP contribution < -0.4 is 11.1 Å². The van der Waals surface area contributed by atoms with Gasteiger partial charge in [0.25, 0.3) is 5.91 Å². The standard InChI is InChI=1S/C23H26ClN3OS/c1-14-7-9-18-20(25)21(29-23(18)27-14)22(28)26-12-11-15-8-10-17(19(24)13-15)16-5-3-2-4-6-16/h7-10,13,16H,2-6,11-12,25H2,1H3,(H,26,28). The number of carbonyl (C=O) groups excluding carboxylic acids is 1. The zero-order valence-corrected chi connectivity index (χ0v) is 18.2. The third-order valence-corrected chi connectivity index (χ3v) is 7.19.